The maximum atomic E-state index is 4.43. The zero-order chi connectivity index (χ0) is 17.9. The third-order valence-corrected chi connectivity index (χ3v) is 4.76. The van der Waals surface area contributed by atoms with Crippen molar-refractivity contribution in [2.45, 2.75) is 58.5 Å². The minimum atomic E-state index is 0. The van der Waals surface area contributed by atoms with Gasteiger partial charge in [-0.05, 0) is 37.3 Å². The Morgan fingerprint density at radius 1 is 1.27 bits per heavy atom. The first kappa shape index (κ1) is 23.1. The van der Waals surface area contributed by atoms with Crippen LogP contribution in [-0.4, -0.2) is 48.6 Å². The fourth-order valence-corrected chi connectivity index (χ4v) is 3.23. The van der Waals surface area contributed by atoms with Gasteiger partial charge < -0.3 is 10.6 Å². The summed E-state index contributed by atoms with van der Waals surface area (Å²) in [6.45, 7) is 8.75. The maximum Gasteiger partial charge on any atom is 0.191 e. The molecule has 1 aromatic rings. The van der Waals surface area contributed by atoms with Gasteiger partial charge in [0.05, 0.1) is 5.69 Å². The van der Waals surface area contributed by atoms with E-state index in [1.54, 1.807) is 0 Å². The van der Waals surface area contributed by atoms with E-state index in [9.17, 15) is 0 Å². The van der Waals surface area contributed by atoms with E-state index in [0.29, 0.717) is 6.04 Å². The summed E-state index contributed by atoms with van der Waals surface area (Å²) < 4.78 is 0. The highest BCUT2D eigenvalue weighted by Crippen LogP contribution is 2.13. The SMILES string of the molecule is CN=C(NCCCCC(C)C)NC1CCN(Cc2ccccn2)CC1.I. The summed E-state index contributed by atoms with van der Waals surface area (Å²) >= 11 is 0. The number of hydrogen-bond acceptors (Lipinski definition) is 3. The van der Waals surface area contributed by atoms with Crippen molar-refractivity contribution >= 4 is 29.9 Å². The number of piperidine rings is 1. The van der Waals surface area contributed by atoms with E-state index in [-0.39, 0.29) is 24.0 Å². The normalized spacial score (nSPS) is 16.4. The van der Waals surface area contributed by atoms with Crippen LogP contribution in [0.2, 0.25) is 0 Å². The topological polar surface area (TPSA) is 52.6 Å². The largest absolute Gasteiger partial charge is 0.356 e. The van der Waals surface area contributed by atoms with Gasteiger partial charge >= 0.3 is 0 Å². The molecule has 0 unspecified atom stereocenters. The predicted molar refractivity (Wildman–Crippen MR) is 121 cm³/mol. The second-order valence-electron chi connectivity index (χ2n) is 7.40. The van der Waals surface area contributed by atoms with E-state index < -0.39 is 0 Å². The molecule has 0 aliphatic carbocycles. The summed E-state index contributed by atoms with van der Waals surface area (Å²) in [6, 6.07) is 6.66. The fraction of sp³-hybridized carbons (Fsp3) is 0.700. The monoisotopic (exact) mass is 473 g/mol. The summed E-state index contributed by atoms with van der Waals surface area (Å²) in [5.74, 6) is 1.75. The molecule has 2 rings (SSSR count). The molecule has 1 aromatic heterocycles. The molecule has 0 saturated carbocycles. The Labute approximate surface area is 176 Å². The number of nitrogens with zero attached hydrogens (tertiary/aromatic N) is 3. The number of rotatable bonds is 8. The number of unbranched alkanes of at least 4 members (excludes halogenated alkanes) is 1. The molecule has 6 heteroatoms. The summed E-state index contributed by atoms with van der Waals surface area (Å²) in [5.41, 5.74) is 1.16. The van der Waals surface area contributed by atoms with Crippen molar-refractivity contribution < 1.29 is 0 Å². The number of aromatic nitrogens is 1. The Hall–Kier alpha value is -0.890. The third kappa shape index (κ3) is 9.16. The second kappa shape index (κ2) is 13.3. The number of pyridine rings is 1. The molecule has 148 valence electrons. The minimum Gasteiger partial charge on any atom is -0.356 e. The van der Waals surface area contributed by atoms with Crippen LogP contribution in [0.25, 0.3) is 0 Å². The number of nitrogens with one attached hydrogen (secondary N) is 2. The third-order valence-electron chi connectivity index (χ3n) is 4.76. The number of halogens is 1. The molecule has 26 heavy (non-hydrogen) atoms. The lowest BCUT2D eigenvalue weighted by molar-refractivity contribution is 0.196. The molecule has 1 aliphatic heterocycles. The van der Waals surface area contributed by atoms with Crippen LogP contribution in [0.3, 0.4) is 0 Å². The Bertz CT molecular complexity index is 498. The number of hydrogen-bond donors (Lipinski definition) is 2. The predicted octanol–water partition coefficient (Wildman–Crippen LogP) is 3.66. The molecule has 2 N–H and O–H groups in total. The van der Waals surface area contributed by atoms with Gasteiger partial charge in [-0.2, -0.15) is 0 Å². The zero-order valence-electron chi connectivity index (χ0n) is 16.6. The van der Waals surface area contributed by atoms with Crippen molar-refractivity contribution in [1.82, 2.24) is 20.5 Å². The Balaban J connectivity index is 0.00000338. The molecule has 5 nitrogen and oxygen atoms in total. The van der Waals surface area contributed by atoms with Crippen LogP contribution in [0.15, 0.2) is 29.4 Å². The molecule has 0 aromatic carbocycles. The molecule has 0 radical (unpaired) electrons. The van der Waals surface area contributed by atoms with E-state index in [1.165, 1.54) is 19.3 Å². The lowest BCUT2D eigenvalue weighted by Crippen LogP contribution is -2.48. The average molecular weight is 473 g/mol. The standard InChI is InChI=1S/C20H35N5.HI/c1-17(2)8-4-6-13-23-20(21-3)24-18-10-14-25(15-11-18)16-19-9-5-7-12-22-19;/h5,7,9,12,17-18H,4,6,8,10-11,13-16H2,1-3H3,(H2,21,23,24);1H. The van der Waals surface area contributed by atoms with Crippen molar-refractivity contribution in [1.29, 1.82) is 0 Å². The van der Waals surface area contributed by atoms with Gasteiger partial charge in [0.15, 0.2) is 5.96 Å². The molecule has 0 amide bonds. The molecule has 1 fully saturated rings. The van der Waals surface area contributed by atoms with Crippen LogP contribution in [0, 0.1) is 5.92 Å². The highest BCUT2D eigenvalue weighted by Gasteiger charge is 2.20. The van der Waals surface area contributed by atoms with Gasteiger partial charge in [0.2, 0.25) is 0 Å². The van der Waals surface area contributed by atoms with Crippen molar-refractivity contribution in [2.75, 3.05) is 26.7 Å². The highest BCUT2D eigenvalue weighted by atomic mass is 127. The van der Waals surface area contributed by atoms with Crippen LogP contribution in [0.1, 0.15) is 51.6 Å². The Kier molecular flexibility index (Phi) is 11.8. The Morgan fingerprint density at radius 3 is 2.65 bits per heavy atom. The maximum absolute atomic E-state index is 4.43. The van der Waals surface area contributed by atoms with Crippen LogP contribution in [0.5, 0.6) is 0 Å². The first-order valence-corrected chi connectivity index (χ1v) is 9.77. The quantitative estimate of drug-likeness (QED) is 0.262. The zero-order valence-corrected chi connectivity index (χ0v) is 18.9. The molecule has 0 atom stereocenters. The molecule has 2 heterocycles. The average Bonchev–Trinajstić information content (AvgIpc) is 2.62. The smallest absolute Gasteiger partial charge is 0.191 e. The van der Waals surface area contributed by atoms with Crippen LogP contribution in [0.4, 0.5) is 0 Å². The molecular weight excluding hydrogens is 437 g/mol. The van der Waals surface area contributed by atoms with E-state index in [2.05, 4.69) is 51.5 Å². The first-order chi connectivity index (χ1) is 12.2. The summed E-state index contributed by atoms with van der Waals surface area (Å²) in [7, 11) is 1.86. The molecule has 0 bridgehead atoms. The van der Waals surface area contributed by atoms with Gasteiger partial charge in [-0.1, -0.05) is 32.8 Å². The van der Waals surface area contributed by atoms with Crippen LogP contribution in [-0.2, 0) is 6.54 Å². The van der Waals surface area contributed by atoms with Crippen LogP contribution < -0.4 is 10.6 Å². The lowest BCUT2D eigenvalue weighted by Gasteiger charge is -2.32. The van der Waals surface area contributed by atoms with E-state index in [4.69, 9.17) is 0 Å². The summed E-state index contributed by atoms with van der Waals surface area (Å²) in [4.78, 5) is 11.3. The highest BCUT2D eigenvalue weighted by molar-refractivity contribution is 14.0. The summed E-state index contributed by atoms with van der Waals surface area (Å²) in [5, 5.41) is 7.04. The first-order valence-electron chi connectivity index (χ1n) is 9.77. The van der Waals surface area contributed by atoms with E-state index in [0.717, 1.165) is 56.6 Å². The number of guanidine groups is 1. The summed E-state index contributed by atoms with van der Waals surface area (Å²) in [6.07, 6.45) is 7.99. The number of likely N-dealkylation sites (tertiary alicyclic amines) is 1. The van der Waals surface area contributed by atoms with Crippen molar-refractivity contribution in [3.63, 3.8) is 0 Å². The van der Waals surface area contributed by atoms with Gasteiger partial charge in [-0.25, -0.2) is 0 Å². The lowest BCUT2D eigenvalue weighted by atomic mass is 10.0. The van der Waals surface area contributed by atoms with Crippen molar-refractivity contribution in [2.24, 2.45) is 10.9 Å². The molecule has 1 saturated heterocycles. The van der Waals surface area contributed by atoms with Crippen molar-refractivity contribution in [3.05, 3.63) is 30.1 Å². The van der Waals surface area contributed by atoms with Gasteiger partial charge in [0, 0.05) is 45.5 Å². The molecule has 0 spiro atoms. The molecule has 1 aliphatic rings. The molecular formula is C20H36IN5. The van der Waals surface area contributed by atoms with Gasteiger partial charge in [-0.15, -0.1) is 24.0 Å². The number of aliphatic imine (C=N–C) groups is 1. The van der Waals surface area contributed by atoms with Gasteiger partial charge in [-0.3, -0.25) is 14.9 Å². The van der Waals surface area contributed by atoms with Gasteiger partial charge in [0.25, 0.3) is 0 Å². The van der Waals surface area contributed by atoms with Crippen LogP contribution >= 0.6 is 24.0 Å². The Morgan fingerprint density at radius 2 is 2.04 bits per heavy atom. The van der Waals surface area contributed by atoms with Crippen molar-refractivity contribution in [3.8, 4) is 0 Å². The minimum absolute atomic E-state index is 0. The van der Waals surface area contributed by atoms with Gasteiger partial charge in [0.1, 0.15) is 0 Å². The fourth-order valence-electron chi connectivity index (χ4n) is 3.23. The van der Waals surface area contributed by atoms with E-state index >= 15 is 0 Å². The second-order valence-corrected chi connectivity index (χ2v) is 7.40. The van der Waals surface area contributed by atoms with E-state index in [1.807, 2.05) is 19.3 Å².